The quantitative estimate of drug-likeness (QED) is 0.896. The lowest BCUT2D eigenvalue weighted by atomic mass is 9.97. The van der Waals surface area contributed by atoms with E-state index in [1.54, 1.807) is 12.1 Å². The molecule has 1 aromatic heterocycles. The molecule has 1 aromatic carbocycles. The van der Waals surface area contributed by atoms with E-state index in [-0.39, 0.29) is 36.1 Å². The number of hydrogen-bond acceptors (Lipinski definition) is 5. The third-order valence-corrected chi connectivity index (χ3v) is 4.14. The van der Waals surface area contributed by atoms with Crippen LogP contribution in [0.4, 0.5) is 4.39 Å². The van der Waals surface area contributed by atoms with Crippen LogP contribution in [0, 0.1) is 5.82 Å². The molecule has 1 aliphatic heterocycles. The van der Waals surface area contributed by atoms with Crippen LogP contribution in [0.1, 0.15) is 38.0 Å². The lowest BCUT2D eigenvalue weighted by Gasteiger charge is -2.31. The zero-order chi connectivity index (χ0) is 17.1. The van der Waals surface area contributed by atoms with Crippen molar-refractivity contribution in [2.24, 2.45) is 5.73 Å². The molecule has 2 unspecified atom stereocenters. The molecule has 1 aliphatic rings. The molecule has 0 spiro atoms. The van der Waals surface area contributed by atoms with Crippen molar-refractivity contribution in [1.29, 1.82) is 0 Å². The normalized spacial score (nSPS) is 18.5. The maximum atomic E-state index is 13.3. The van der Waals surface area contributed by atoms with Crippen molar-refractivity contribution in [2.45, 2.75) is 38.1 Å². The minimum absolute atomic E-state index is 0. The Hall–Kier alpha value is -1.99. The molecule has 2 N–H and O–H groups in total. The lowest BCUT2D eigenvalue weighted by Crippen LogP contribution is -2.41. The number of nitrogens with two attached hydrogens (primary N) is 1. The second-order valence-electron chi connectivity index (χ2n) is 6.33. The highest BCUT2D eigenvalue weighted by Crippen LogP contribution is 2.28. The zero-order valence-electron chi connectivity index (χ0n) is 14.0. The Balaban J connectivity index is 0.00000225. The molecule has 6 nitrogen and oxygen atoms in total. The van der Waals surface area contributed by atoms with Gasteiger partial charge < -0.3 is 15.2 Å². The molecule has 0 radical (unpaired) electrons. The molecule has 0 saturated carbocycles. The summed E-state index contributed by atoms with van der Waals surface area (Å²) in [6, 6.07) is 5.93. The van der Waals surface area contributed by atoms with Crippen LogP contribution >= 0.6 is 12.4 Å². The number of benzene rings is 1. The van der Waals surface area contributed by atoms with E-state index in [0.29, 0.717) is 30.2 Å². The molecule has 25 heavy (non-hydrogen) atoms. The van der Waals surface area contributed by atoms with E-state index in [0.717, 1.165) is 19.4 Å². The van der Waals surface area contributed by atoms with Gasteiger partial charge in [-0.1, -0.05) is 17.3 Å². The maximum absolute atomic E-state index is 13.3. The van der Waals surface area contributed by atoms with Gasteiger partial charge in [0, 0.05) is 31.1 Å². The SMILES string of the molecule is CC(N)CC(=O)N1CCCC(c2nc(-c3cccc(F)c3)no2)C1.Cl. The minimum atomic E-state index is -0.343. The Bertz CT molecular complexity index is 722. The number of amides is 1. The first kappa shape index (κ1) is 19.3. The van der Waals surface area contributed by atoms with Crippen molar-refractivity contribution in [2.75, 3.05) is 13.1 Å². The van der Waals surface area contributed by atoms with Crippen molar-refractivity contribution in [3.8, 4) is 11.4 Å². The molecule has 1 amide bonds. The number of aromatic nitrogens is 2. The molecule has 0 aliphatic carbocycles. The van der Waals surface area contributed by atoms with Gasteiger partial charge in [-0.2, -0.15) is 4.98 Å². The van der Waals surface area contributed by atoms with Gasteiger partial charge in [-0.15, -0.1) is 12.4 Å². The molecule has 0 bridgehead atoms. The molecule has 2 heterocycles. The Morgan fingerprint density at radius 1 is 1.52 bits per heavy atom. The van der Waals surface area contributed by atoms with E-state index in [1.807, 2.05) is 11.8 Å². The molecule has 1 fully saturated rings. The topological polar surface area (TPSA) is 85.3 Å². The maximum Gasteiger partial charge on any atom is 0.231 e. The molecule has 2 aromatic rings. The van der Waals surface area contributed by atoms with Gasteiger partial charge in [0.1, 0.15) is 5.82 Å². The first-order valence-corrected chi connectivity index (χ1v) is 8.16. The van der Waals surface area contributed by atoms with Crippen LogP contribution in [0.2, 0.25) is 0 Å². The largest absolute Gasteiger partial charge is 0.342 e. The molecular formula is C17H22ClFN4O2. The summed E-state index contributed by atoms with van der Waals surface area (Å²) in [5.74, 6) is 0.574. The predicted molar refractivity (Wildman–Crippen MR) is 93.8 cm³/mol. The van der Waals surface area contributed by atoms with E-state index in [2.05, 4.69) is 10.1 Å². The van der Waals surface area contributed by atoms with Crippen molar-refractivity contribution in [3.05, 3.63) is 36.0 Å². The molecule has 3 rings (SSSR count). The zero-order valence-corrected chi connectivity index (χ0v) is 14.8. The van der Waals surface area contributed by atoms with Crippen LogP contribution in [0.3, 0.4) is 0 Å². The van der Waals surface area contributed by atoms with Crippen LogP contribution in [0.25, 0.3) is 11.4 Å². The van der Waals surface area contributed by atoms with Crippen LogP contribution in [-0.2, 0) is 4.79 Å². The highest BCUT2D eigenvalue weighted by Gasteiger charge is 2.28. The highest BCUT2D eigenvalue weighted by molar-refractivity contribution is 5.85. The average molecular weight is 369 g/mol. The number of carbonyl (C=O) groups is 1. The average Bonchev–Trinajstić information content (AvgIpc) is 3.04. The van der Waals surface area contributed by atoms with E-state index < -0.39 is 0 Å². The fourth-order valence-electron chi connectivity index (χ4n) is 2.96. The number of likely N-dealkylation sites (tertiary alicyclic amines) is 1. The predicted octanol–water partition coefficient (Wildman–Crippen LogP) is 2.74. The van der Waals surface area contributed by atoms with Crippen LogP contribution < -0.4 is 5.73 Å². The molecule has 136 valence electrons. The van der Waals surface area contributed by atoms with Crippen molar-refractivity contribution < 1.29 is 13.7 Å². The van der Waals surface area contributed by atoms with Gasteiger partial charge in [0.15, 0.2) is 0 Å². The van der Waals surface area contributed by atoms with Crippen molar-refractivity contribution in [1.82, 2.24) is 15.0 Å². The van der Waals surface area contributed by atoms with Crippen LogP contribution in [0.5, 0.6) is 0 Å². The smallest absolute Gasteiger partial charge is 0.231 e. The minimum Gasteiger partial charge on any atom is -0.342 e. The van der Waals surface area contributed by atoms with Crippen molar-refractivity contribution >= 4 is 18.3 Å². The number of nitrogens with zero attached hydrogens (tertiary/aromatic N) is 3. The standard InChI is InChI=1S/C17H21FN4O2.ClH/c1-11(19)8-15(23)22-7-3-5-13(10-22)17-20-16(21-24-17)12-4-2-6-14(18)9-12;/h2,4,6,9,11,13H,3,5,7-8,10,19H2,1H3;1H. The summed E-state index contributed by atoms with van der Waals surface area (Å²) in [5.41, 5.74) is 6.28. The number of carbonyl (C=O) groups excluding carboxylic acids is 1. The lowest BCUT2D eigenvalue weighted by molar-refractivity contribution is -0.132. The Kier molecular flexibility index (Phi) is 6.50. The van der Waals surface area contributed by atoms with Gasteiger partial charge in [-0.3, -0.25) is 4.79 Å². The number of rotatable bonds is 4. The van der Waals surface area contributed by atoms with E-state index in [4.69, 9.17) is 10.3 Å². The van der Waals surface area contributed by atoms with E-state index >= 15 is 0 Å². The third kappa shape index (κ3) is 4.76. The molecule has 8 heteroatoms. The van der Waals surface area contributed by atoms with E-state index in [1.165, 1.54) is 12.1 Å². The van der Waals surface area contributed by atoms with Gasteiger partial charge in [0.25, 0.3) is 0 Å². The molecular weight excluding hydrogens is 347 g/mol. The van der Waals surface area contributed by atoms with Crippen LogP contribution in [0.15, 0.2) is 28.8 Å². The number of halogens is 2. The van der Waals surface area contributed by atoms with Crippen molar-refractivity contribution in [3.63, 3.8) is 0 Å². The van der Waals surface area contributed by atoms with Gasteiger partial charge in [-0.25, -0.2) is 4.39 Å². The second-order valence-corrected chi connectivity index (χ2v) is 6.33. The third-order valence-electron chi connectivity index (χ3n) is 4.14. The van der Waals surface area contributed by atoms with Gasteiger partial charge in [0.2, 0.25) is 17.6 Å². The Morgan fingerprint density at radius 2 is 2.32 bits per heavy atom. The Morgan fingerprint density at radius 3 is 3.04 bits per heavy atom. The first-order valence-electron chi connectivity index (χ1n) is 8.16. The first-order chi connectivity index (χ1) is 11.5. The second kappa shape index (κ2) is 8.40. The van der Waals surface area contributed by atoms with Gasteiger partial charge in [0.05, 0.1) is 5.92 Å². The highest BCUT2D eigenvalue weighted by atomic mass is 35.5. The Labute approximate surface area is 152 Å². The molecule has 1 saturated heterocycles. The summed E-state index contributed by atoms with van der Waals surface area (Å²) in [7, 11) is 0. The summed E-state index contributed by atoms with van der Waals surface area (Å²) >= 11 is 0. The monoisotopic (exact) mass is 368 g/mol. The van der Waals surface area contributed by atoms with E-state index in [9.17, 15) is 9.18 Å². The fraction of sp³-hybridized carbons (Fsp3) is 0.471. The fourth-order valence-corrected chi connectivity index (χ4v) is 2.96. The summed E-state index contributed by atoms with van der Waals surface area (Å²) < 4.78 is 18.7. The summed E-state index contributed by atoms with van der Waals surface area (Å²) in [6.45, 7) is 3.10. The number of hydrogen-bond donors (Lipinski definition) is 1. The van der Waals surface area contributed by atoms with Crippen LogP contribution in [-0.4, -0.2) is 40.1 Å². The summed E-state index contributed by atoms with van der Waals surface area (Å²) in [6.07, 6.45) is 2.10. The number of piperidine rings is 1. The summed E-state index contributed by atoms with van der Waals surface area (Å²) in [5, 5.41) is 3.94. The summed E-state index contributed by atoms with van der Waals surface area (Å²) in [4.78, 5) is 18.4. The van der Waals surface area contributed by atoms with Gasteiger partial charge >= 0.3 is 0 Å². The molecule has 2 atom stereocenters. The van der Waals surface area contributed by atoms with Gasteiger partial charge in [-0.05, 0) is 31.9 Å².